The van der Waals surface area contributed by atoms with Crippen LogP contribution >= 0.6 is 23.1 Å². The van der Waals surface area contributed by atoms with E-state index in [0.717, 1.165) is 11.3 Å². The van der Waals surface area contributed by atoms with Gasteiger partial charge >= 0.3 is 0 Å². The highest BCUT2D eigenvalue weighted by atomic mass is 32.2. The number of thioether (sulfide) groups is 1. The van der Waals surface area contributed by atoms with Gasteiger partial charge in [0.05, 0.1) is 12.8 Å². The van der Waals surface area contributed by atoms with Crippen molar-refractivity contribution in [2.24, 2.45) is 4.99 Å². The maximum atomic E-state index is 12.8. The van der Waals surface area contributed by atoms with Gasteiger partial charge in [0, 0.05) is 29.6 Å². The van der Waals surface area contributed by atoms with E-state index in [9.17, 15) is 9.59 Å². The number of benzene rings is 2. The van der Waals surface area contributed by atoms with Crippen LogP contribution < -0.4 is 10.1 Å². The average Bonchev–Trinajstić information content (AvgIpc) is 3.39. The van der Waals surface area contributed by atoms with Crippen molar-refractivity contribution >= 4 is 50.9 Å². The zero-order valence-electron chi connectivity index (χ0n) is 17.6. The third kappa shape index (κ3) is 5.00. The van der Waals surface area contributed by atoms with E-state index in [1.807, 2.05) is 42.6 Å². The summed E-state index contributed by atoms with van der Waals surface area (Å²) in [6.45, 7) is 2.38. The maximum Gasteiger partial charge on any atom is 0.242 e. The Hall–Kier alpha value is -3.17. The van der Waals surface area contributed by atoms with Crippen LogP contribution in [0.1, 0.15) is 13.3 Å². The summed E-state index contributed by atoms with van der Waals surface area (Å²) in [6.07, 6.45) is 0.0676. The Morgan fingerprint density at radius 3 is 2.62 bits per heavy atom. The summed E-state index contributed by atoms with van der Waals surface area (Å²) in [7, 11) is 1.59. The van der Waals surface area contributed by atoms with E-state index < -0.39 is 5.25 Å². The van der Waals surface area contributed by atoms with Gasteiger partial charge in [-0.15, -0.1) is 11.3 Å². The van der Waals surface area contributed by atoms with E-state index in [0.29, 0.717) is 28.3 Å². The number of rotatable bonds is 7. The molecule has 1 unspecified atom stereocenters. The van der Waals surface area contributed by atoms with Crippen molar-refractivity contribution < 1.29 is 14.3 Å². The van der Waals surface area contributed by atoms with Crippen LogP contribution in [0.15, 0.2) is 65.0 Å². The Bertz CT molecular complexity index is 1130. The lowest BCUT2D eigenvalue weighted by atomic mass is 10.2. The van der Waals surface area contributed by atoms with E-state index >= 15 is 0 Å². The second-order valence-corrected chi connectivity index (χ2v) is 8.95. The average molecular weight is 467 g/mol. The topological polar surface area (TPSA) is 83.9 Å². The summed E-state index contributed by atoms with van der Waals surface area (Å²) in [4.78, 5) is 36.2. The molecular weight excluding hydrogens is 444 g/mol. The zero-order chi connectivity index (χ0) is 22.5. The van der Waals surface area contributed by atoms with E-state index in [-0.39, 0.29) is 18.2 Å². The number of carbonyl (C=O) groups is 2. The normalized spacial score (nSPS) is 17.1. The number of ether oxygens (including phenoxy) is 1. The lowest BCUT2D eigenvalue weighted by Crippen LogP contribution is -2.33. The van der Waals surface area contributed by atoms with Gasteiger partial charge in [0.25, 0.3) is 0 Å². The molecule has 2 aromatic carbocycles. The molecule has 1 aliphatic heterocycles. The molecule has 9 heteroatoms. The van der Waals surface area contributed by atoms with Crippen LogP contribution in [0.25, 0.3) is 11.3 Å². The van der Waals surface area contributed by atoms with Crippen molar-refractivity contribution in [3.63, 3.8) is 0 Å². The Kier molecular flexibility index (Phi) is 6.87. The molecule has 4 rings (SSSR count). The number of aliphatic imine (C=N–C) groups is 1. The van der Waals surface area contributed by atoms with Gasteiger partial charge in [0.1, 0.15) is 11.0 Å². The first-order valence-corrected chi connectivity index (χ1v) is 11.8. The molecular formula is C23H22N4O3S2. The van der Waals surface area contributed by atoms with E-state index in [1.54, 1.807) is 36.3 Å². The standard InChI is InChI=1S/C23H22N4O3S2/c1-3-27-21(29)19(13-20(28)24-16-9-11-17(30-2)12-10-16)32-23(27)26-22-25-18(14-31-22)15-7-5-4-6-8-15/h4-12,14,19H,3,13H2,1-2H3,(H,24,28)/b26-23+. The molecule has 0 spiro atoms. The van der Waals surface area contributed by atoms with Gasteiger partial charge in [-0.05, 0) is 31.2 Å². The van der Waals surface area contributed by atoms with Crippen LogP contribution in [0.2, 0.25) is 0 Å². The minimum Gasteiger partial charge on any atom is -0.497 e. The molecule has 0 aliphatic carbocycles. The molecule has 1 aromatic heterocycles. The van der Waals surface area contributed by atoms with Gasteiger partial charge in [0.2, 0.25) is 16.9 Å². The molecule has 1 saturated heterocycles. The monoisotopic (exact) mass is 466 g/mol. The first-order chi connectivity index (χ1) is 15.6. The third-order valence-electron chi connectivity index (χ3n) is 4.83. The number of thiazole rings is 1. The summed E-state index contributed by atoms with van der Waals surface area (Å²) in [5.74, 6) is 0.376. The summed E-state index contributed by atoms with van der Waals surface area (Å²) >= 11 is 2.73. The molecule has 0 saturated carbocycles. The molecule has 164 valence electrons. The summed E-state index contributed by atoms with van der Waals surface area (Å²) < 4.78 is 5.12. The lowest BCUT2D eigenvalue weighted by Gasteiger charge is -2.13. The third-order valence-corrected chi connectivity index (χ3v) is 6.74. The molecule has 0 bridgehead atoms. The number of aromatic nitrogens is 1. The van der Waals surface area contributed by atoms with Crippen LogP contribution in [0.4, 0.5) is 10.8 Å². The van der Waals surface area contributed by atoms with Gasteiger partial charge in [-0.3, -0.25) is 14.5 Å². The van der Waals surface area contributed by atoms with Crippen LogP contribution in [0, 0.1) is 0 Å². The predicted octanol–water partition coefficient (Wildman–Crippen LogP) is 4.80. The Morgan fingerprint density at radius 2 is 1.94 bits per heavy atom. The van der Waals surface area contributed by atoms with Crippen LogP contribution in [0.5, 0.6) is 5.75 Å². The van der Waals surface area contributed by atoms with Crippen molar-refractivity contribution in [2.45, 2.75) is 18.6 Å². The van der Waals surface area contributed by atoms with Crippen molar-refractivity contribution in [1.29, 1.82) is 0 Å². The highest BCUT2D eigenvalue weighted by molar-refractivity contribution is 8.15. The molecule has 2 amide bonds. The minimum atomic E-state index is -0.513. The lowest BCUT2D eigenvalue weighted by molar-refractivity contribution is -0.128. The highest BCUT2D eigenvalue weighted by Gasteiger charge is 2.38. The maximum absolute atomic E-state index is 12.8. The van der Waals surface area contributed by atoms with Crippen LogP contribution in [-0.4, -0.2) is 45.8 Å². The second kappa shape index (κ2) is 9.97. The van der Waals surface area contributed by atoms with Crippen LogP contribution in [0.3, 0.4) is 0 Å². The smallest absolute Gasteiger partial charge is 0.242 e. The van der Waals surface area contributed by atoms with E-state index in [2.05, 4.69) is 15.3 Å². The summed E-state index contributed by atoms with van der Waals surface area (Å²) in [6, 6.07) is 16.9. The fourth-order valence-electron chi connectivity index (χ4n) is 3.21. The van der Waals surface area contributed by atoms with E-state index in [4.69, 9.17) is 4.74 Å². The highest BCUT2D eigenvalue weighted by Crippen LogP contribution is 2.34. The van der Waals surface area contributed by atoms with E-state index in [1.165, 1.54) is 23.1 Å². The Labute approximate surface area is 194 Å². The number of anilines is 1. The molecule has 3 aromatic rings. The molecule has 2 heterocycles. The Morgan fingerprint density at radius 1 is 1.19 bits per heavy atom. The van der Waals surface area contributed by atoms with Gasteiger partial charge in [0.15, 0.2) is 5.17 Å². The molecule has 1 aliphatic rings. The fraction of sp³-hybridized carbons (Fsp3) is 0.217. The number of nitrogens with one attached hydrogen (secondary N) is 1. The molecule has 1 fully saturated rings. The first-order valence-electron chi connectivity index (χ1n) is 10.1. The number of carbonyl (C=O) groups excluding carboxylic acids is 2. The molecule has 0 radical (unpaired) electrons. The molecule has 1 N–H and O–H groups in total. The fourth-order valence-corrected chi connectivity index (χ4v) is 5.17. The van der Waals surface area contributed by atoms with Gasteiger partial charge in [-0.2, -0.15) is 4.99 Å². The number of amidine groups is 1. The second-order valence-electron chi connectivity index (χ2n) is 6.95. The van der Waals surface area contributed by atoms with Crippen molar-refractivity contribution in [3.05, 3.63) is 60.0 Å². The Balaban J connectivity index is 1.44. The molecule has 7 nitrogen and oxygen atoms in total. The number of methoxy groups -OCH3 is 1. The minimum absolute atomic E-state index is 0.0676. The van der Waals surface area contributed by atoms with Gasteiger partial charge < -0.3 is 10.1 Å². The van der Waals surface area contributed by atoms with Crippen molar-refractivity contribution in [2.75, 3.05) is 19.0 Å². The number of amides is 2. The first kappa shape index (κ1) is 22.0. The summed E-state index contributed by atoms with van der Waals surface area (Å²) in [5, 5.41) is 5.43. The van der Waals surface area contributed by atoms with Crippen molar-refractivity contribution in [3.8, 4) is 17.0 Å². The zero-order valence-corrected chi connectivity index (χ0v) is 19.3. The molecule has 32 heavy (non-hydrogen) atoms. The quantitative estimate of drug-likeness (QED) is 0.541. The largest absolute Gasteiger partial charge is 0.497 e. The van der Waals surface area contributed by atoms with Crippen LogP contribution in [-0.2, 0) is 9.59 Å². The van der Waals surface area contributed by atoms with Crippen molar-refractivity contribution in [1.82, 2.24) is 9.88 Å². The molecule has 1 atom stereocenters. The van der Waals surface area contributed by atoms with Gasteiger partial charge in [-0.1, -0.05) is 42.1 Å². The number of hydrogen-bond donors (Lipinski definition) is 1. The van der Waals surface area contributed by atoms with Gasteiger partial charge in [-0.25, -0.2) is 4.98 Å². The SMILES string of the molecule is CCN1C(=O)C(CC(=O)Nc2ccc(OC)cc2)S/C1=N/c1nc(-c2ccccc2)cs1. The number of nitrogens with zero attached hydrogens (tertiary/aromatic N) is 3. The summed E-state index contributed by atoms with van der Waals surface area (Å²) in [5.41, 5.74) is 2.53. The number of hydrogen-bond acceptors (Lipinski definition) is 7. The predicted molar refractivity (Wildman–Crippen MR) is 130 cm³/mol.